The number of para-hydroxylation sites is 1. The standard InChI is InChI=1S/C21H21NO4/c1-15-8-6-7-11-19(15)24-13-12-20(23)25-14-18-16(2)26-21(22-18)17-9-4-3-5-10-17/h3-11H,12-14H2,1-2H3. The van der Waals surface area contributed by atoms with Crippen LogP contribution in [0.4, 0.5) is 0 Å². The third-order valence-corrected chi connectivity index (χ3v) is 3.94. The summed E-state index contributed by atoms with van der Waals surface area (Å²) in [5.74, 6) is 1.62. The quantitative estimate of drug-likeness (QED) is 0.588. The zero-order valence-corrected chi connectivity index (χ0v) is 14.9. The van der Waals surface area contributed by atoms with Crippen LogP contribution in [0.1, 0.15) is 23.4 Å². The highest BCUT2D eigenvalue weighted by Crippen LogP contribution is 2.22. The van der Waals surface area contributed by atoms with Crippen LogP contribution in [0.2, 0.25) is 0 Å². The number of hydrogen-bond acceptors (Lipinski definition) is 5. The minimum absolute atomic E-state index is 0.0887. The van der Waals surface area contributed by atoms with Crippen molar-refractivity contribution in [2.45, 2.75) is 26.9 Å². The molecule has 3 rings (SSSR count). The van der Waals surface area contributed by atoms with Crippen LogP contribution in [0.3, 0.4) is 0 Å². The fourth-order valence-electron chi connectivity index (χ4n) is 2.45. The van der Waals surface area contributed by atoms with Crippen LogP contribution >= 0.6 is 0 Å². The van der Waals surface area contributed by atoms with Gasteiger partial charge >= 0.3 is 5.97 Å². The van der Waals surface area contributed by atoms with E-state index in [4.69, 9.17) is 13.9 Å². The van der Waals surface area contributed by atoms with Gasteiger partial charge in [0.2, 0.25) is 5.89 Å². The third kappa shape index (κ3) is 4.51. The lowest BCUT2D eigenvalue weighted by Crippen LogP contribution is -2.10. The summed E-state index contributed by atoms with van der Waals surface area (Å²) >= 11 is 0. The molecule has 0 spiro atoms. The lowest BCUT2D eigenvalue weighted by molar-refractivity contribution is -0.145. The van der Waals surface area contributed by atoms with E-state index in [1.54, 1.807) is 0 Å². The summed E-state index contributed by atoms with van der Waals surface area (Å²) in [6, 6.07) is 17.3. The molecule has 0 bridgehead atoms. The van der Waals surface area contributed by atoms with Crippen LogP contribution in [0.15, 0.2) is 59.0 Å². The van der Waals surface area contributed by atoms with E-state index in [9.17, 15) is 4.79 Å². The van der Waals surface area contributed by atoms with E-state index in [1.807, 2.05) is 68.4 Å². The zero-order chi connectivity index (χ0) is 18.4. The van der Waals surface area contributed by atoms with Gasteiger partial charge in [0.15, 0.2) is 0 Å². The fraction of sp³-hybridized carbons (Fsp3) is 0.238. The summed E-state index contributed by atoms with van der Waals surface area (Å²) in [4.78, 5) is 16.3. The number of carbonyl (C=O) groups is 1. The monoisotopic (exact) mass is 351 g/mol. The number of nitrogens with zero attached hydrogens (tertiary/aromatic N) is 1. The normalized spacial score (nSPS) is 10.5. The lowest BCUT2D eigenvalue weighted by Gasteiger charge is -2.08. The molecule has 134 valence electrons. The Labute approximate surface area is 152 Å². The fourth-order valence-corrected chi connectivity index (χ4v) is 2.45. The number of hydrogen-bond donors (Lipinski definition) is 0. The van der Waals surface area contributed by atoms with Crippen LogP contribution < -0.4 is 4.74 Å². The molecule has 0 atom stereocenters. The Bertz CT molecular complexity index is 871. The number of aromatic nitrogens is 1. The minimum Gasteiger partial charge on any atom is -0.493 e. The number of rotatable bonds is 7. The maximum atomic E-state index is 11.9. The predicted octanol–water partition coefficient (Wildman–Crippen LogP) is 4.47. The summed E-state index contributed by atoms with van der Waals surface area (Å²) < 4.78 is 16.6. The number of oxazole rings is 1. The van der Waals surface area contributed by atoms with Gasteiger partial charge in [0.1, 0.15) is 23.8 Å². The molecule has 26 heavy (non-hydrogen) atoms. The Morgan fingerprint density at radius 3 is 2.54 bits per heavy atom. The van der Waals surface area contributed by atoms with Crippen LogP contribution in [0.5, 0.6) is 5.75 Å². The van der Waals surface area contributed by atoms with E-state index >= 15 is 0 Å². The second-order valence-electron chi connectivity index (χ2n) is 5.91. The highest BCUT2D eigenvalue weighted by molar-refractivity contribution is 5.69. The molecule has 5 nitrogen and oxygen atoms in total. The topological polar surface area (TPSA) is 61.6 Å². The molecular formula is C21H21NO4. The first-order chi connectivity index (χ1) is 12.6. The molecule has 0 aliphatic heterocycles. The molecular weight excluding hydrogens is 330 g/mol. The van der Waals surface area contributed by atoms with Crippen LogP contribution in [0, 0.1) is 13.8 Å². The molecule has 0 unspecified atom stereocenters. The molecule has 0 saturated carbocycles. The Morgan fingerprint density at radius 2 is 1.77 bits per heavy atom. The van der Waals surface area contributed by atoms with Gasteiger partial charge in [-0.2, -0.15) is 0 Å². The lowest BCUT2D eigenvalue weighted by atomic mass is 10.2. The molecule has 3 aromatic rings. The first-order valence-electron chi connectivity index (χ1n) is 8.49. The van der Waals surface area contributed by atoms with E-state index < -0.39 is 0 Å². The smallest absolute Gasteiger partial charge is 0.309 e. The van der Waals surface area contributed by atoms with Gasteiger partial charge in [-0.15, -0.1) is 0 Å². The van der Waals surface area contributed by atoms with Gasteiger partial charge < -0.3 is 13.9 Å². The van der Waals surface area contributed by atoms with Gasteiger partial charge in [-0.05, 0) is 37.6 Å². The van der Waals surface area contributed by atoms with E-state index in [0.29, 0.717) is 17.3 Å². The van der Waals surface area contributed by atoms with Gasteiger partial charge in [-0.25, -0.2) is 4.98 Å². The van der Waals surface area contributed by atoms with Gasteiger partial charge in [-0.3, -0.25) is 4.79 Å². The van der Waals surface area contributed by atoms with E-state index in [0.717, 1.165) is 16.9 Å². The second-order valence-corrected chi connectivity index (χ2v) is 5.91. The molecule has 0 amide bonds. The maximum absolute atomic E-state index is 11.9. The summed E-state index contributed by atoms with van der Waals surface area (Å²) in [6.07, 6.45) is 0.177. The summed E-state index contributed by atoms with van der Waals surface area (Å²) in [6.45, 7) is 4.14. The molecule has 5 heteroatoms. The third-order valence-electron chi connectivity index (χ3n) is 3.94. The summed E-state index contributed by atoms with van der Waals surface area (Å²) in [5.41, 5.74) is 2.55. The van der Waals surface area contributed by atoms with Crippen molar-refractivity contribution in [3.05, 3.63) is 71.6 Å². The van der Waals surface area contributed by atoms with E-state index in [-0.39, 0.29) is 25.6 Å². The van der Waals surface area contributed by atoms with Gasteiger partial charge in [0.05, 0.1) is 13.0 Å². The first kappa shape index (κ1) is 17.7. The van der Waals surface area contributed by atoms with Gasteiger partial charge in [0, 0.05) is 5.56 Å². The van der Waals surface area contributed by atoms with Gasteiger partial charge in [-0.1, -0.05) is 36.4 Å². The molecule has 0 N–H and O–H groups in total. The molecule has 2 aromatic carbocycles. The molecule has 1 heterocycles. The highest BCUT2D eigenvalue weighted by Gasteiger charge is 2.13. The highest BCUT2D eigenvalue weighted by atomic mass is 16.5. The van der Waals surface area contributed by atoms with Crippen LogP contribution in [-0.2, 0) is 16.1 Å². The molecule has 0 saturated heterocycles. The van der Waals surface area contributed by atoms with Crippen molar-refractivity contribution >= 4 is 5.97 Å². The zero-order valence-electron chi connectivity index (χ0n) is 14.9. The van der Waals surface area contributed by atoms with Crippen molar-refractivity contribution in [3.8, 4) is 17.2 Å². The first-order valence-corrected chi connectivity index (χ1v) is 8.49. The SMILES string of the molecule is Cc1ccccc1OCCC(=O)OCc1nc(-c2ccccc2)oc1C. The molecule has 0 fully saturated rings. The second kappa shape index (κ2) is 8.34. The van der Waals surface area contributed by atoms with Crippen molar-refractivity contribution in [3.63, 3.8) is 0 Å². The van der Waals surface area contributed by atoms with E-state index in [2.05, 4.69) is 4.98 Å². The maximum Gasteiger partial charge on any atom is 0.309 e. The van der Waals surface area contributed by atoms with Crippen LogP contribution in [-0.4, -0.2) is 17.6 Å². The molecule has 0 radical (unpaired) electrons. The number of esters is 1. The van der Waals surface area contributed by atoms with Crippen molar-refractivity contribution in [1.82, 2.24) is 4.98 Å². The minimum atomic E-state index is -0.331. The number of aryl methyl sites for hydroxylation is 2. The Kier molecular flexibility index (Phi) is 5.69. The van der Waals surface area contributed by atoms with Gasteiger partial charge in [0.25, 0.3) is 0 Å². The summed E-state index contributed by atoms with van der Waals surface area (Å²) in [5, 5.41) is 0. The Morgan fingerprint density at radius 1 is 1.04 bits per heavy atom. The predicted molar refractivity (Wildman–Crippen MR) is 97.8 cm³/mol. The van der Waals surface area contributed by atoms with Crippen molar-refractivity contribution in [2.75, 3.05) is 6.61 Å². The average molecular weight is 351 g/mol. The van der Waals surface area contributed by atoms with Crippen LogP contribution in [0.25, 0.3) is 11.5 Å². The Balaban J connectivity index is 1.49. The van der Waals surface area contributed by atoms with Crippen molar-refractivity contribution in [1.29, 1.82) is 0 Å². The van der Waals surface area contributed by atoms with Crippen molar-refractivity contribution in [2.24, 2.45) is 0 Å². The number of benzene rings is 2. The Hall–Kier alpha value is -3.08. The largest absolute Gasteiger partial charge is 0.493 e. The number of ether oxygens (including phenoxy) is 2. The summed E-state index contributed by atoms with van der Waals surface area (Å²) in [7, 11) is 0. The molecule has 0 aliphatic carbocycles. The molecule has 1 aromatic heterocycles. The van der Waals surface area contributed by atoms with Crippen molar-refractivity contribution < 1.29 is 18.7 Å². The molecule has 0 aliphatic rings. The number of carbonyl (C=O) groups excluding carboxylic acids is 1. The average Bonchev–Trinajstić information content (AvgIpc) is 3.03. The van der Waals surface area contributed by atoms with E-state index in [1.165, 1.54) is 0 Å².